The van der Waals surface area contributed by atoms with Gasteiger partial charge < -0.3 is 15.3 Å². The Morgan fingerprint density at radius 3 is 2.74 bits per heavy atom. The molecule has 0 amide bonds. The van der Waals surface area contributed by atoms with Gasteiger partial charge in [-0.05, 0) is 43.3 Å². The minimum atomic E-state index is -0.986. The number of Topliss-reactive ketones (excluding diaryl/α,β-unsaturated/α-hetero) is 1. The fourth-order valence-electron chi connectivity index (χ4n) is 3.27. The highest BCUT2D eigenvalue weighted by molar-refractivity contribution is 5.96. The highest BCUT2D eigenvalue weighted by Gasteiger charge is 2.47. The molecule has 3 atom stereocenters. The van der Waals surface area contributed by atoms with E-state index in [2.05, 4.69) is 0 Å². The lowest BCUT2D eigenvalue weighted by Gasteiger charge is -2.34. The number of allylic oxidation sites excluding steroid dienone is 1. The molecule has 0 radical (unpaired) electrons. The Bertz CT molecular complexity index is 424. The second kappa shape index (κ2) is 5.57. The monoisotopic (exact) mass is 266 g/mol. The van der Waals surface area contributed by atoms with Crippen LogP contribution in [0.4, 0.5) is 0 Å². The van der Waals surface area contributed by atoms with Crippen molar-refractivity contribution in [2.24, 2.45) is 11.8 Å². The average Bonchev–Trinajstić information content (AvgIpc) is 2.64. The molecule has 0 fully saturated rings. The number of hydrogen-bond acceptors (Lipinski definition) is 4. The Morgan fingerprint density at radius 2 is 2.11 bits per heavy atom. The highest BCUT2D eigenvalue weighted by Crippen LogP contribution is 2.47. The van der Waals surface area contributed by atoms with Gasteiger partial charge in [0.05, 0.1) is 12.2 Å². The van der Waals surface area contributed by atoms with E-state index in [0.29, 0.717) is 24.8 Å². The normalized spacial score (nSPS) is 34.0. The van der Waals surface area contributed by atoms with Crippen molar-refractivity contribution in [3.05, 3.63) is 23.3 Å². The zero-order valence-corrected chi connectivity index (χ0v) is 11.3. The predicted molar refractivity (Wildman–Crippen MR) is 71.4 cm³/mol. The van der Waals surface area contributed by atoms with Gasteiger partial charge in [-0.15, -0.1) is 0 Å². The molecule has 0 aromatic carbocycles. The van der Waals surface area contributed by atoms with Crippen LogP contribution in [0.5, 0.6) is 0 Å². The third kappa shape index (κ3) is 2.66. The average molecular weight is 266 g/mol. The molecule has 0 saturated heterocycles. The van der Waals surface area contributed by atoms with Crippen LogP contribution < -0.4 is 0 Å². The van der Waals surface area contributed by atoms with Gasteiger partial charge in [0.2, 0.25) is 0 Å². The zero-order chi connectivity index (χ0) is 14.0. The van der Waals surface area contributed by atoms with Gasteiger partial charge in [0, 0.05) is 18.9 Å². The number of aliphatic hydroxyl groups excluding tert-OH is 2. The Labute approximate surface area is 113 Å². The third-order valence-electron chi connectivity index (χ3n) is 4.36. The number of aliphatic hydroxyl groups is 3. The number of carbonyl (C=O) groups is 1. The van der Waals surface area contributed by atoms with Gasteiger partial charge in [0.25, 0.3) is 0 Å². The van der Waals surface area contributed by atoms with Gasteiger partial charge in [-0.1, -0.05) is 12.2 Å². The van der Waals surface area contributed by atoms with Crippen LogP contribution in [0.15, 0.2) is 23.3 Å². The van der Waals surface area contributed by atoms with E-state index in [1.165, 1.54) is 0 Å². The summed E-state index contributed by atoms with van der Waals surface area (Å²) < 4.78 is 0. The SMILES string of the molecule is CC1=C[C@@H]2[C@H](CC1=O)C(CO)=CC2(O)CCCCO. The standard InChI is InChI=1S/C15H22O4/c1-10-6-13-12(7-14(10)18)11(9-17)8-15(13,19)4-2-3-5-16/h6,8,12-13,16-17,19H,2-5,7,9H2,1H3/t12-,13-,15?/m1/s1. The maximum Gasteiger partial charge on any atom is 0.158 e. The zero-order valence-electron chi connectivity index (χ0n) is 11.3. The highest BCUT2D eigenvalue weighted by atomic mass is 16.3. The van der Waals surface area contributed by atoms with Crippen molar-refractivity contribution >= 4 is 5.78 Å². The summed E-state index contributed by atoms with van der Waals surface area (Å²) in [7, 11) is 0. The van der Waals surface area contributed by atoms with Gasteiger partial charge in [-0.2, -0.15) is 0 Å². The van der Waals surface area contributed by atoms with E-state index in [-0.39, 0.29) is 30.8 Å². The van der Waals surface area contributed by atoms with Crippen LogP contribution in [0.3, 0.4) is 0 Å². The van der Waals surface area contributed by atoms with E-state index in [1.807, 2.05) is 6.08 Å². The Hall–Kier alpha value is -0.970. The second-order valence-electron chi connectivity index (χ2n) is 5.66. The number of hydrogen-bond donors (Lipinski definition) is 3. The van der Waals surface area contributed by atoms with E-state index in [0.717, 1.165) is 12.0 Å². The number of unbranched alkanes of at least 4 members (excludes halogenated alkanes) is 1. The first-order chi connectivity index (χ1) is 9.01. The van der Waals surface area contributed by atoms with Gasteiger partial charge >= 0.3 is 0 Å². The van der Waals surface area contributed by atoms with Crippen LogP contribution >= 0.6 is 0 Å². The molecule has 0 aliphatic heterocycles. The first-order valence-electron chi connectivity index (χ1n) is 6.89. The molecule has 0 aromatic heterocycles. The molecule has 0 saturated carbocycles. The Balaban J connectivity index is 2.23. The first-order valence-corrected chi connectivity index (χ1v) is 6.89. The lowest BCUT2D eigenvalue weighted by molar-refractivity contribution is -0.117. The van der Waals surface area contributed by atoms with Crippen molar-refractivity contribution < 1.29 is 20.1 Å². The molecule has 2 rings (SSSR count). The molecular weight excluding hydrogens is 244 g/mol. The van der Waals surface area contributed by atoms with E-state index in [4.69, 9.17) is 5.11 Å². The van der Waals surface area contributed by atoms with Crippen LogP contribution in [0.25, 0.3) is 0 Å². The van der Waals surface area contributed by atoms with Crippen molar-refractivity contribution in [2.75, 3.05) is 13.2 Å². The van der Waals surface area contributed by atoms with Gasteiger partial charge in [0.15, 0.2) is 5.78 Å². The van der Waals surface area contributed by atoms with Crippen LogP contribution in [0, 0.1) is 11.8 Å². The quantitative estimate of drug-likeness (QED) is 0.512. The largest absolute Gasteiger partial charge is 0.396 e. The topological polar surface area (TPSA) is 77.8 Å². The lowest BCUT2D eigenvalue weighted by Crippen LogP contribution is -2.37. The van der Waals surface area contributed by atoms with Crippen molar-refractivity contribution in [1.29, 1.82) is 0 Å². The van der Waals surface area contributed by atoms with E-state index in [1.54, 1.807) is 13.0 Å². The van der Waals surface area contributed by atoms with Crippen molar-refractivity contribution in [2.45, 2.75) is 38.2 Å². The molecule has 19 heavy (non-hydrogen) atoms. The number of fused-ring (bicyclic) bond motifs is 1. The van der Waals surface area contributed by atoms with E-state index >= 15 is 0 Å². The fraction of sp³-hybridized carbons (Fsp3) is 0.667. The summed E-state index contributed by atoms with van der Waals surface area (Å²) in [6.45, 7) is 1.79. The lowest BCUT2D eigenvalue weighted by atomic mass is 9.73. The van der Waals surface area contributed by atoms with Crippen molar-refractivity contribution in [1.82, 2.24) is 0 Å². The van der Waals surface area contributed by atoms with Crippen LogP contribution in [0.2, 0.25) is 0 Å². The maximum absolute atomic E-state index is 11.8. The summed E-state index contributed by atoms with van der Waals surface area (Å²) in [6.07, 6.45) is 5.91. The molecule has 106 valence electrons. The van der Waals surface area contributed by atoms with Crippen LogP contribution in [-0.2, 0) is 4.79 Å². The molecule has 0 spiro atoms. The molecule has 3 N–H and O–H groups in total. The summed E-state index contributed by atoms with van der Waals surface area (Å²) in [5, 5.41) is 29.0. The number of rotatable bonds is 5. The van der Waals surface area contributed by atoms with Crippen LogP contribution in [0.1, 0.15) is 32.6 Å². The summed E-state index contributed by atoms with van der Waals surface area (Å²) in [5.74, 6) is -0.0911. The minimum Gasteiger partial charge on any atom is -0.396 e. The van der Waals surface area contributed by atoms with Crippen LogP contribution in [-0.4, -0.2) is 39.9 Å². The fourth-order valence-corrected chi connectivity index (χ4v) is 3.27. The second-order valence-corrected chi connectivity index (χ2v) is 5.66. The van der Waals surface area contributed by atoms with E-state index in [9.17, 15) is 15.0 Å². The molecule has 2 aliphatic carbocycles. The predicted octanol–water partition coefficient (Wildman–Crippen LogP) is 0.964. The maximum atomic E-state index is 11.8. The van der Waals surface area contributed by atoms with Crippen molar-refractivity contribution in [3.63, 3.8) is 0 Å². The summed E-state index contributed by atoms with van der Waals surface area (Å²) in [4.78, 5) is 11.8. The molecule has 2 aliphatic rings. The van der Waals surface area contributed by atoms with Gasteiger partial charge in [-0.25, -0.2) is 0 Å². The molecule has 4 heteroatoms. The summed E-state index contributed by atoms with van der Waals surface area (Å²) in [6, 6.07) is 0. The molecule has 0 heterocycles. The van der Waals surface area contributed by atoms with Gasteiger partial charge in [-0.3, -0.25) is 4.79 Å². The molecule has 0 aromatic rings. The number of ketones is 1. The smallest absolute Gasteiger partial charge is 0.158 e. The number of carbonyl (C=O) groups excluding carboxylic acids is 1. The molecule has 0 bridgehead atoms. The third-order valence-corrected chi connectivity index (χ3v) is 4.36. The van der Waals surface area contributed by atoms with Crippen molar-refractivity contribution in [3.8, 4) is 0 Å². The molecule has 1 unspecified atom stereocenters. The summed E-state index contributed by atoms with van der Waals surface area (Å²) in [5.41, 5.74) is 0.489. The van der Waals surface area contributed by atoms with Gasteiger partial charge in [0.1, 0.15) is 0 Å². The minimum absolute atomic E-state index is 0.0691. The van der Waals surface area contributed by atoms with E-state index < -0.39 is 5.60 Å². The molecular formula is C15H22O4. The Kier molecular flexibility index (Phi) is 4.23. The molecule has 4 nitrogen and oxygen atoms in total. The summed E-state index contributed by atoms with van der Waals surface area (Å²) >= 11 is 0. The first kappa shape index (κ1) is 14.4. The Morgan fingerprint density at radius 1 is 1.37 bits per heavy atom.